The van der Waals surface area contributed by atoms with Crippen molar-refractivity contribution in [3.05, 3.63) is 59.7 Å². The third-order valence-electron chi connectivity index (χ3n) is 4.22. The smallest absolute Gasteiger partial charge is 0.119 e. The normalized spacial score (nSPS) is 15.0. The van der Waals surface area contributed by atoms with Gasteiger partial charge >= 0.3 is 0 Å². The second kappa shape index (κ2) is 6.66. The Labute approximate surface area is 127 Å². The lowest BCUT2D eigenvalue weighted by molar-refractivity contribution is 0.414. The molecule has 0 radical (unpaired) electrons. The molecular formula is C19H23NO. The van der Waals surface area contributed by atoms with Crippen molar-refractivity contribution >= 4 is 5.69 Å². The van der Waals surface area contributed by atoms with Gasteiger partial charge in [-0.15, -0.1) is 0 Å². The van der Waals surface area contributed by atoms with E-state index in [4.69, 9.17) is 4.74 Å². The quantitative estimate of drug-likeness (QED) is 0.829. The Hall–Kier alpha value is -1.96. The first-order valence-electron chi connectivity index (χ1n) is 7.82. The minimum atomic E-state index is 0.946. The van der Waals surface area contributed by atoms with Crippen LogP contribution in [0.2, 0.25) is 0 Å². The van der Waals surface area contributed by atoms with Gasteiger partial charge in [0, 0.05) is 18.8 Å². The molecular weight excluding hydrogens is 258 g/mol. The van der Waals surface area contributed by atoms with Gasteiger partial charge in [-0.2, -0.15) is 0 Å². The molecule has 2 aromatic carbocycles. The van der Waals surface area contributed by atoms with Crippen molar-refractivity contribution in [3.63, 3.8) is 0 Å². The Morgan fingerprint density at radius 2 is 1.71 bits per heavy atom. The van der Waals surface area contributed by atoms with Crippen LogP contribution in [-0.4, -0.2) is 20.2 Å². The molecule has 0 atom stereocenters. The molecule has 1 aliphatic rings. The number of piperidine rings is 1. The minimum absolute atomic E-state index is 0.946. The molecule has 3 rings (SSSR count). The molecule has 1 saturated heterocycles. The molecule has 110 valence electrons. The number of rotatable bonds is 4. The summed E-state index contributed by atoms with van der Waals surface area (Å²) in [6.45, 7) is 2.35. The van der Waals surface area contributed by atoms with E-state index >= 15 is 0 Å². The van der Waals surface area contributed by atoms with Crippen LogP contribution in [0.25, 0.3) is 0 Å². The molecule has 0 bridgehead atoms. The predicted molar refractivity (Wildman–Crippen MR) is 88.3 cm³/mol. The predicted octanol–water partition coefficient (Wildman–Crippen LogP) is 4.28. The molecule has 2 nitrogen and oxygen atoms in total. The average molecular weight is 281 g/mol. The van der Waals surface area contributed by atoms with Crippen molar-refractivity contribution in [2.45, 2.75) is 25.7 Å². The van der Waals surface area contributed by atoms with Crippen molar-refractivity contribution in [2.75, 3.05) is 25.1 Å². The molecule has 0 aromatic heterocycles. The Kier molecular flexibility index (Phi) is 4.44. The van der Waals surface area contributed by atoms with E-state index in [0.29, 0.717) is 0 Å². The Morgan fingerprint density at radius 1 is 0.952 bits per heavy atom. The number of benzene rings is 2. The number of methoxy groups -OCH3 is 1. The Balaban J connectivity index is 1.91. The van der Waals surface area contributed by atoms with E-state index in [-0.39, 0.29) is 0 Å². The molecule has 0 unspecified atom stereocenters. The highest BCUT2D eigenvalue weighted by atomic mass is 16.5. The lowest BCUT2D eigenvalue weighted by Gasteiger charge is -2.31. The first-order valence-corrected chi connectivity index (χ1v) is 7.82. The number of hydrogen-bond donors (Lipinski definition) is 0. The van der Waals surface area contributed by atoms with Gasteiger partial charge < -0.3 is 9.64 Å². The summed E-state index contributed by atoms with van der Waals surface area (Å²) in [4.78, 5) is 2.53. The maximum atomic E-state index is 5.42. The molecule has 0 saturated carbocycles. The van der Waals surface area contributed by atoms with Crippen LogP contribution in [-0.2, 0) is 6.42 Å². The van der Waals surface area contributed by atoms with Crippen LogP contribution >= 0.6 is 0 Å². The highest BCUT2D eigenvalue weighted by Crippen LogP contribution is 2.29. The van der Waals surface area contributed by atoms with Gasteiger partial charge in [-0.3, -0.25) is 0 Å². The fourth-order valence-corrected chi connectivity index (χ4v) is 3.09. The number of ether oxygens (including phenoxy) is 1. The van der Waals surface area contributed by atoms with Crippen LogP contribution in [0, 0.1) is 0 Å². The lowest BCUT2D eigenvalue weighted by Crippen LogP contribution is -2.30. The highest BCUT2D eigenvalue weighted by Gasteiger charge is 2.15. The summed E-state index contributed by atoms with van der Waals surface area (Å²) < 4.78 is 5.42. The summed E-state index contributed by atoms with van der Waals surface area (Å²) in [6.07, 6.45) is 4.93. The molecule has 0 amide bonds. The van der Waals surface area contributed by atoms with Crippen LogP contribution in [0.3, 0.4) is 0 Å². The third kappa shape index (κ3) is 3.38. The fourth-order valence-electron chi connectivity index (χ4n) is 3.09. The van der Waals surface area contributed by atoms with Crippen molar-refractivity contribution in [3.8, 4) is 5.75 Å². The van der Waals surface area contributed by atoms with Gasteiger partial charge in [-0.1, -0.05) is 30.3 Å². The second-order valence-corrected chi connectivity index (χ2v) is 5.70. The van der Waals surface area contributed by atoms with Crippen LogP contribution in [0.5, 0.6) is 5.75 Å². The molecule has 21 heavy (non-hydrogen) atoms. The average Bonchev–Trinajstić information content (AvgIpc) is 2.56. The molecule has 2 heteroatoms. The first kappa shape index (κ1) is 14.0. The van der Waals surface area contributed by atoms with Gasteiger partial charge in [0.15, 0.2) is 0 Å². The zero-order chi connectivity index (χ0) is 14.5. The fraction of sp³-hybridized carbons (Fsp3) is 0.368. The third-order valence-corrected chi connectivity index (χ3v) is 4.22. The topological polar surface area (TPSA) is 12.5 Å². The summed E-state index contributed by atoms with van der Waals surface area (Å²) in [5.74, 6) is 0.946. The van der Waals surface area contributed by atoms with Gasteiger partial charge in [0.2, 0.25) is 0 Å². The highest BCUT2D eigenvalue weighted by molar-refractivity contribution is 5.58. The monoisotopic (exact) mass is 281 g/mol. The van der Waals surface area contributed by atoms with Crippen LogP contribution < -0.4 is 9.64 Å². The first-order chi connectivity index (χ1) is 10.4. The summed E-state index contributed by atoms with van der Waals surface area (Å²) >= 11 is 0. The maximum Gasteiger partial charge on any atom is 0.119 e. The van der Waals surface area contributed by atoms with Crippen molar-refractivity contribution in [2.24, 2.45) is 0 Å². The minimum Gasteiger partial charge on any atom is -0.497 e. The second-order valence-electron chi connectivity index (χ2n) is 5.70. The van der Waals surface area contributed by atoms with E-state index in [9.17, 15) is 0 Å². The summed E-state index contributed by atoms with van der Waals surface area (Å²) in [5, 5.41) is 0. The summed E-state index contributed by atoms with van der Waals surface area (Å²) in [6, 6.07) is 17.2. The van der Waals surface area contributed by atoms with Crippen LogP contribution in [0.15, 0.2) is 48.5 Å². The molecule has 1 aliphatic heterocycles. The molecule has 1 heterocycles. The largest absolute Gasteiger partial charge is 0.497 e. The Bertz CT molecular complexity index is 573. The van der Waals surface area contributed by atoms with E-state index < -0.39 is 0 Å². The zero-order valence-electron chi connectivity index (χ0n) is 12.7. The Morgan fingerprint density at radius 3 is 2.43 bits per heavy atom. The zero-order valence-corrected chi connectivity index (χ0v) is 12.7. The van der Waals surface area contributed by atoms with E-state index in [2.05, 4.69) is 53.4 Å². The number of hydrogen-bond acceptors (Lipinski definition) is 2. The lowest BCUT2D eigenvalue weighted by atomic mass is 10.0. The van der Waals surface area contributed by atoms with Gasteiger partial charge in [0.05, 0.1) is 7.11 Å². The van der Waals surface area contributed by atoms with Gasteiger partial charge in [-0.05, 0) is 55.0 Å². The van der Waals surface area contributed by atoms with E-state index in [1.54, 1.807) is 7.11 Å². The van der Waals surface area contributed by atoms with Crippen molar-refractivity contribution in [1.82, 2.24) is 0 Å². The number of anilines is 1. The van der Waals surface area contributed by atoms with Gasteiger partial charge in [0.1, 0.15) is 5.75 Å². The van der Waals surface area contributed by atoms with Crippen LogP contribution in [0.1, 0.15) is 30.4 Å². The van der Waals surface area contributed by atoms with Crippen LogP contribution in [0.4, 0.5) is 5.69 Å². The molecule has 0 aliphatic carbocycles. The standard InChI is InChI=1S/C19H23NO/c1-21-18-10-11-19(20-12-6-3-7-13-20)17(15-18)14-16-8-4-2-5-9-16/h2,4-5,8-11,15H,3,6-7,12-14H2,1H3. The summed E-state index contributed by atoms with van der Waals surface area (Å²) in [5.41, 5.74) is 4.09. The van der Waals surface area contributed by atoms with Gasteiger partial charge in [0.25, 0.3) is 0 Å². The SMILES string of the molecule is COc1ccc(N2CCCCC2)c(Cc2ccccc2)c1. The van der Waals surface area contributed by atoms with E-state index in [0.717, 1.165) is 12.2 Å². The molecule has 1 fully saturated rings. The molecule has 0 spiro atoms. The van der Waals surface area contributed by atoms with Gasteiger partial charge in [-0.25, -0.2) is 0 Å². The van der Waals surface area contributed by atoms with E-state index in [1.807, 2.05) is 0 Å². The maximum absolute atomic E-state index is 5.42. The molecule has 2 aromatic rings. The molecule has 0 N–H and O–H groups in total. The van der Waals surface area contributed by atoms with E-state index in [1.165, 1.54) is 49.2 Å². The summed E-state index contributed by atoms with van der Waals surface area (Å²) in [7, 11) is 1.74. The van der Waals surface area contributed by atoms with Crippen molar-refractivity contribution in [1.29, 1.82) is 0 Å². The number of nitrogens with zero attached hydrogens (tertiary/aromatic N) is 1. The van der Waals surface area contributed by atoms with Crippen molar-refractivity contribution < 1.29 is 4.74 Å².